The summed E-state index contributed by atoms with van der Waals surface area (Å²) in [7, 11) is 0. The maximum absolute atomic E-state index is 13.4. The van der Waals surface area contributed by atoms with Crippen molar-refractivity contribution >= 4 is 36.3 Å². The number of amides is 2. The second kappa shape index (κ2) is 13.5. The van der Waals surface area contributed by atoms with Crippen molar-refractivity contribution in [3.8, 4) is 5.75 Å². The number of allylic oxidation sites excluding steroid dienone is 2. The molecule has 2 aliphatic rings. The lowest BCUT2D eigenvalue weighted by molar-refractivity contribution is -0.136. The normalized spacial score (nSPS) is 17.5. The molecule has 1 saturated carbocycles. The van der Waals surface area contributed by atoms with Gasteiger partial charge in [0.15, 0.2) is 4.90 Å². The molecule has 0 spiro atoms. The van der Waals surface area contributed by atoms with Gasteiger partial charge in [0.05, 0.1) is 13.0 Å². The molecule has 1 atom stereocenters. The van der Waals surface area contributed by atoms with Gasteiger partial charge in [0.1, 0.15) is 5.75 Å². The van der Waals surface area contributed by atoms with E-state index in [1.807, 2.05) is 37.3 Å². The third kappa shape index (κ3) is 7.99. The Hall–Kier alpha value is -3.52. The summed E-state index contributed by atoms with van der Waals surface area (Å²) in [6, 6.07) is 15.4. The van der Waals surface area contributed by atoms with Crippen molar-refractivity contribution in [3.05, 3.63) is 77.4 Å². The van der Waals surface area contributed by atoms with Gasteiger partial charge < -0.3 is 15.2 Å². The fraction of sp³-hybridized carbons (Fsp3) is 0.387. The number of carbonyl (C=O) groups is 3. The Morgan fingerprint density at radius 2 is 1.69 bits per heavy atom. The van der Waals surface area contributed by atoms with E-state index in [-0.39, 0.29) is 24.8 Å². The van der Waals surface area contributed by atoms with Crippen molar-refractivity contribution in [3.63, 3.8) is 0 Å². The zero-order valence-corrected chi connectivity index (χ0v) is 23.3. The molecule has 2 aromatic rings. The van der Waals surface area contributed by atoms with Gasteiger partial charge in [0.25, 0.3) is 0 Å². The summed E-state index contributed by atoms with van der Waals surface area (Å²) in [6.45, 7) is 2.43. The van der Waals surface area contributed by atoms with Gasteiger partial charge >= 0.3 is 12.1 Å². The molecule has 0 heterocycles. The van der Waals surface area contributed by atoms with E-state index in [4.69, 9.17) is 9.84 Å². The van der Waals surface area contributed by atoms with E-state index >= 15 is 0 Å². The van der Waals surface area contributed by atoms with Crippen LogP contribution < -0.4 is 15.0 Å². The number of carbonyl (C=O) groups excluding carboxylic acids is 2. The average molecular weight is 550 g/mol. The first-order chi connectivity index (χ1) is 18.8. The van der Waals surface area contributed by atoms with Crippen molar-refractivity contribution in [1.82, 2.24) is 5.32 Å². The van der Waals surface area contributed by atoms with Crippen LogP contribution in [0.3, 0.4) is 0 Å². The van der Waals surface area contributed by atoms with E-state index in [2.05, 4.69) is 30.1 Å². The van der Waals surface area contributed by atoms with Crippen molar-refractivity contribution in [2.75, 3.05) is 18.0 Å². The topological polar surface area (TPSA) is 95.9 Å². The quantitative estimate of drug-likeness (QED) is 0.398. The second-order valence-corrected chi connectivity index (χ2v) is 10.9. The number of anilines is 1. The highest BCUT2D eigenvalue weighted by Gasteiger charge is 2.26. The fourth-order valence-electron chi connectivity index (χ4n) is 5.16. The molecular formula is C31H37N2O5S+. The van der Waals surface area contributed by atoms with E-state index in [0.29, 0.717) is 30.2 Å². The van der Waals surface area contributed by atoms with Crippen LogP contribution in [0.4, 0.5) is 10.5 Å². The summed E-state index contributed by atoms with van der Waals surface area (Å²) < 4.78 is 5.74. The zero-order chi connectivity index (χ0) is 27.8. The number of carboxylic acid groups (broad SMARTS) is 1. The molecule has 0 radical (unpaired) electrons. The first-order valence-electron chi connectivity index (χ1n) is 13.6. The molecular weight excluding hydrogens is 512 g/mol. The molecule has 0 aliphatic heterocycles. The van der Waals surface area contributed by atoms with Crippen LogP contribution in [0.2, 0.25) is 0 Å². The van der Waals surface area contributed by atoms with E-state index in [1.165, 1.54) is 37.7 Å². The number of benzene rings is 2. The minimum Gasteiger partial charge on any atom is -0.481 e. The van der Waals surface area contributed by atoms with Crippen LogP contribution in [0, 0.1) is 5.92 Å². The number of aliphatic carboxylic acids is 1. The zero-order valence-electron chi connectivity index (χ0n) is 22.3. The van der Waals surface area contributed by atoms with Gasteiger partial charge in [-0.25, -0.2) is 4.79 Å². The number of hydrogen-bond donors (Lipinski definition) is 2. The molecule has 1 unspecified atom stereocenters. The molecule has 0 saturated heterocycles. The Bertz CT molecular complexity index is 1230. The number of carboxylic acids is 1. The van der Waals surface area contributed by atoms with Gasteiger partial charge in [0, 0.05) is 17.8 Å². The largest absolute Gasteiger partial charge is 0.481 e. The number of ether oxygens (including phenoxy) is 1. The number of rotatable bonds is 9. The molecule has 39 heavy (non-hydrogen) atoms. The smallest absolute Gasteiger partial charge is 0.420 e. The SMILES string of the molecule is CC1CC(C(=O)NCCC(=O)O)=CC=C1CN(C(=O)Oc1ccc([SH2+])cc1)c1ccc(C2CCCCC2)cc1. The minimum absolute atomic E-state index is 0.0134. The summed E-state index contributed by atoms with van der Waals surface area (Å²) in [5.41, 5.74) is 3.66. The summed E-state index contributed by atoms with van der Waals surface area (Å²) in [5.74, 6) is -0.174. The van der Waals surface area contributed by atoms with Crippen molar-refractivity contribution < 1.29 is 24.2 Å². The van der Waals surface area contributed by atoms with Gasteiger partial charge in [-0.05, 0) is 91.3 Å². The number of nitrogens with zero attached hydrogens (tertiary/aromatic N) is 1. The fourth-order valence-corrected chi connectivity index (χ4v) is 5.33. The van der Waals surface area contributed by atoms with E-state index in [0.717, 1.165) is 16.2 Å². The standard InChI is InChI=1S/C31H36N2O5S/c1-21-19-24(30(36)32-18-17-29(34)35)7-8-25(21)20-33(31(37)38-27-13-15-28(39)16-14-27)26-11-9-23(10-12-26)22-5-3-2-4-6-22/h7-16,21-22,39H,2-6,17-20H2,1H3,(H,32,36)(H,34,35)/p+1. The van der Waals surface area contributed by atoms with E-state index in [9.17, 15) is 14.4 Å². The van der Waals surface area contributed by atoms with Gasteiger partial charge in [-0.3, -0.25) is 14.5 Å². The predicted molar refractivity (Wildman–Crippen MR) is 156 cm³/mol. The summed E-state index contributed by atoms with van der Waals surface area (Å²) in [6.07, 6.45) is 9.79. The second-order valence-electron chi connectivity index (χ2n) is 10.3. The molecule has 0 aromatic heterocycles. The maximum Gasteiger partial charge on any atom is 0.420 e. The summed E-state index contributed by atoms with van der Waals surface area (Å²) in [4.78, 5) is 39.2. The summed E-state index contributed by atoms with van der Waals surface area (Å²) in [5, 5.41) is 11.5. The lowest BCUT2D eigenvalue weighted by Crippen LogP contribution is -2.37. The van der Waals surface area contributed by atoms with Crippen LogP contribution >= 0.6 is 0 Å². The molecule has 2 amide bonds. The van der Waals surface area contributed by atoms with Crippen LogP contribution in [0.5, 0.6) is 5.75 Å². The van der Waals surface area contributed by atoms with Crippen LogP contribution in [-0.2, 0) is 22.2 Å². The molecule has 0 bridgehead atoms. The Morgan fingerprint density at radius 1 is 1.00 bits per heavy atom. The molecule has 2 aromatic carbocycles. The minimum atomic E-state index is -0.953. The predicted octanol–water partition coefficient (Wildman–Crippen LogP) is 5.59. The van der Waals surface area contributed by atoms with Crippen LogP contribution in [-0.4, -0.2) is 36.2 Å². The molecule has 2 N–H and O–H groups in total. The number of hydrogen-bond acceptors (Lipinski definition) is 4. The molecule has 206 valence electrons. The highest BCUT2D eigenvalue weighted by molar-refractivity contribution is 7.58. The van der Waals surface area contributed by atoms with Gasteiger partial charge in [0.2, 0.25) is 5.91 Å². The van der Waals surface area contributed by atoms with Crippen LogP contribution in [0.15, 0.2) is 76.7 Å². The van der Waals surface area contributed by atoms with Crippen molar-refractivity contribution in [2.24, 2.45) is 5.92 Å². The van der Waals surface area contributed by atoms with E-state index in [1.54, 1.807) is 23.1 Å². The van der Waals surface area contributed by atoms with Crippen molar-refractivity contribution in [2.45, 2.75) is 62.7 Å². The van der Waals surface area contributed by atoms with Crippen LogP contribution in [0.25, 0.3) is 0 Å². The molecule has 7 nitrogen and oxygen atoms in total. The lowest BCUT2D eigenvalue weighted by Gasteiger charge is -2.28. The molecule has 4 rings (SSSR count). The molecule has 2 aliphatic carbocycles. The first kappa shape index (κ1) is 28.5. The van der Waals surface area contributed by atoms with Crippen molar-refractivity contribution in [1.29, 1.82) is 0 Å². The lowest BCUT2D eigenvalue weighted by atomic mass is 9.84. The Kier molecular flexibility index (Phi) is 9.87. The van der Waals surface area contributed by atoms with Gasteiger partial charge in [-0.2, -0.15) is 0 Å². The third-order valence-electron chi connectivity index (χ3n) is 7.48. The Balaban J connectivity index is 1.53. The molecule has 1 fully saturated rings. The Labute approximate surface area is 235 Å². The molecule has 8 heteroatoms. The average Bonchev–Trinajstić information content (AvgIpc) is 2.94. The Morgan fingerprint density at radius 3 is 2.33 bits per heavy atom. The first-order valence-corrected chi connectivity index (χ1v) is 14.1. The monoisotopic (exact) mass is 549 g/mol. The van der Waals surface area contributed by atoms with E-state index < -0.39 is 12.1 Å². The van der Waals surface area contributed by atoms with Gasteiger partial charge in [-0.1, -0.05) is 50.5 Å². The number of nitrogens with one attached hydrogen (secondary N) is 1. The van der Waals surface area contributed by atoms with Crippen LogP contribution in [0.1, 0.15) is 63.4 Å². The maximum atomic E-state index is 13.4. The summed E-state index contributed by atoms with van der Waals surface area (Å²) >= 11 is 3.46. The van der Waals surface area contributed by atoms with Gasteiger partial charge in [-0.15, -0.1) is 0 Å². The highest BCUT2D eigenvalue weighted by Crippen LogP contribution is 2.34. The third-order valence-corrected chi connectivity index (χ3v) is 7.81. The highest BCUT2D eigenvalue weighted by atomic mass is 32.1.